The van der Waals surface area contributed by atoms with Crippen LogP contribution in [-0.4, -0.2) is 18.4 Å². The monoisotopic (exact) mass is 238 g/mol. The number of benzene rings is 2. The van der Waals surface area contributed by atoms with E-state index in [0.29, 0.717) is 34.8 Å². The predicted octanol–water partition coefficient (Wildman–Crippen LogP) is 2.54. The molecule has 0 atom stereocenters. The molecule has 0 aliphatic carbocycles. The van der Waals surface area contributed by atoms with Gasteiger partial charge in [0, 0.05) is 22.3 Å². The van der Waals surface area contributed by atoms with Crippen molar-refractivity contribution in [1.82, 2.24) is 0 Å². The summed E-state index contributed by atoms with van der Waals surface area (Å²) in [5, 5.41) is 0. The Bertz CT molecular complexity index is 561. The molecule has 0 amide bonds. The largest absolute Gasteiger partial charge is 0.298 e. The Hall–Kier alpha value is -2.55. The number of hydrogen-bond acceptors (Lipinski definition) is 3. The van der Waals surface area contributed by atoms with E-state index in [1.165, 1.54) is 0 Å². The summed E-state index contributed by atoms with van der Waals surface area (Å²) in [6.07, 6.45) is 1.27. The lowest BCUT2D eigenvalue weighted by Gasteiger charge is -2.05. The minimum Gasteiger partial charge on any atom is -0.298 e. The van der Waals surface area contributed by atoms with Crippen LogP contribution in [0.4, 0.5) is 0 Å². The van der Waals surface area contributed by atoms with Crippen molar-refractivity contribution < 1.29 is 14.4 Å². The summed E-state index contributed by atoms with van der Waals surface area (Å²) in [6, 6.07) is 13.0. The van der Waals surface area contributed by atoms with Gasteiger partial charge < -0.3 is 0 Å². The molecule has 2 aromatic rings. The van der Waals surface area contributed by atoms with Crippen molar-refractivity contribution >= 4 is 18.4 Å². The highest BCUT2D eigenvalue weighted by Crippen LogP contribution is 2.15. The molecule has 3 nitrogen and oxygen atoms in total. The van der Waals surface area contributed by atoms with Crippen molar-refractivity contribution in [2.24, 2.45) is 0 Å². The van der Waals surface area contributed by atoms with Crippen LogP contribution in [0.25, 0.3) is 0 Å². The molecule has 18 heavy (non-hydrogen) atoms. The van der Waals surface area contributed by atoms with E-state index in [0.717, 1.165) is 0 Å². The topological polar surface area (TPSA) is 51.2 Å². The standard InChI is InChI=1S/C15H10O3/c16-9-11-5-1-3-7-13(11)15(18)14-8-4-2-6-12(14)10-17/h1-10H. The molecule has 0 aromatic heterocycles. The van der Waals surface area contributed by atoms with E-state index < -0.39 is 0 Å². The van der Waals surface area contributed by atoms with Gasteiger partial charge in [0.2, 0.25) is 0 Å². The van der Waals surface area contributed by atoms with Gasteiger partial charge in [0.1, 0.15) is 0 Å². The molecule has 0 heterocycles. The fourth-order valence-electron chi connectivity index (χ4n) is 1.76. The average Bonchev–Trinajstić information content (AvgIpc) is 2.46. The number of ketones is 1. The number of carbonyl (C=O) groups excluding carboxylic acids is 3. The van der Waals surface area contributed by atoms with Crippen molar-refractivity contribution in [2.45, 2.75) is 0 Å². The third-order valence-corrected chi connectivity index (χ3v) is 2.66. The normalized spacial score (nSPS) is 9.78. The van der Waals surface area contributed by atoms with Crippen LogP contribution in [0.2, 0.25) is 0 Å². The van der Waals surface area contributed by atoms with Crippen LogP contribution in [0, 0.1) is 0 Å². The van der Waals surface area contributed by atoms with E-state index in [2.05, 4.69) is 0 Å². The number of rotatable bonds is 4. The highest BCUT2D eigenvalue weighted by molar-refractivity contribution is 6.15. The highest BCUT2D eigenvalue weighted by Gasteiger charge is 2.15. The maximum absolute atomic E-state index is 12.3. The smallest absolute Gasteiger partial charge is 0.194 e. The first kappa shape index (κ1) is 11.9. The molecular weight excluding hydrogens is 228 g/mol. The van der Waals surface area contributed by atoms with Gasteiger partial charge in [0.25, 0.3) is 0 Å². The molecule has 0 saturated heterocycles. The summed E-state index contributed by atoms with van der Waals surface area (Å²) in [5.74, 6) is -0.319. The zero-order valence-corrected chi connectivity index (χ0v) is 9.50. The van der Waals surface area contributed by atoms with E-state index >= 15 is 0 Å². The summed E-state index contributed by atoms with van der Waals surface area (Å²) in [7, 11) is 0. The van der Waals surface area contributed by atoms with Crippen molar-refractivity contribution in [2.75, 3.05) is 0 Å². The molecule has 0 aliphatic heterocycles. The minimum absolute atomic E-state index is 0.307. The first-order chi connectivity index (χ1) is 8.77. The van der Waals surface area contributed by atoms with Gasteiger partial charge in [-0.15, -0.1) is 0 Å². The molecule has 2 rings (SSSR count). The second-order valence-electron chi connectivity index (χ2n) is 3.74. The highest BCUT2D eigenvalue weighted by atomic mass is 16.1. The Morgan fingerprint density at radius 3 is 1.50 bits per heavy atom. The number of carbonyl (C=O) groups is 3. The SMILES string of the molecule is O=Cc1ccccc1C(=O)c1ccccc1C=O. The van der Waals surface area contributed by atoms with Gasteiger partial charge in [-0.2, -0.15) is 0 Å². The van der Waals surface area contributed by atoms with Crippen LogP contribution in [0.15, 0.2) is 48.5 Å². The van der Waals surface area contributed by atoms with Crippen molar-refractivity contribution in [3.8, 4) is 0 Å². The Labute approximate surface area is 104 Å². The Morgan fingerprint density at radius 2 is 1.11 bits per heavy atom. The molecule has 0 fully saturated rings. The van der Waals surface area contributed by atoms with Crippen LogP contribution < -0.4 is 0 Å². The molecule has 88 valence electrons. The van der Waals surface area contributed by atoms with Gasteiger partial charge in [-0.05, 0) is 0 Å². The Kier molecular flexibility index (Phi) is 3.44. The maximum Gasteiger partial charge on any atom is 0.194 e. The Morgan fingerprint density at radius 1 is 0.722 bits per heavy atom. The summed E-state index contributed by atoms with van der Waals surface area (Å²) >= 11 is 0. The predicted molar refractivity (Wildman–Crippen MR) is 67.1 cm³/mol. The summed E-state index contributed by atoms with van der Waals surface area (Å²) in [6.45, 7) is 0. The van der Waals surface area contributed by atoms with Crippen LogP contribution in [-0.2, 0) is 0 Å². The van der Waals surface area contributed by atoms with E-state index in [-0.39, 0.29) is 5.78 Å². The molecule has 0 aliphatic rings. The van der Waals surface area contributed by atoms with Crippen molar-refractivity contribution in [3.05, 3.63) is 70.8 Å². The number of hydrogen-bond donors (Lipinski definition) is 0. The van der Waals surface area contributed by atoms with Crippen molar-refractivity contribution in [1.29, 1.82) is 0 Å². The molecule has 0 spiro atoms. The molecular formula is C15H10O3. The lowest BCUT2D eigenvalue weighted by atomic mass is 9.96. The average molecular weight is 238 g/mol. The molecule has 3 heteroatoms. The van der Waals surface area contributed by atoms with E-state index in [1.54, 1.807) is 48.5 Å². The molecule has 2 aromatic carbocycles. The van der Waals surface area contributed by atoms with Gasteiger partial charge >= 0.3 is 0 Å². The molecule has 0 bridgehead atoms. The fraction of sp³-hybridized carbons (Fsp3) is 0. The second-order valence-corrected chi connectivity index (χ2v) is 3.74. The first-order valence-electron chi connectivity index (χ1n) is 5.41. The van der Waals surface area contributed by atoms with Crippen molar-refractivity contribution in [3.63, 3.8) is 0 Å². The number of aldehydes is 2. The van der Waals surface area contributed by atoms with Gasteiger partial charge in [-0.1, -0.05) is 48.5 Å². The van der Waals surface area contributed by atoms with Crippen LogP contribution >= 0.6 is 0 Å². The van der Waals surface area contributed by atoms with Gasteiger partial charge in [0.15, 0.2) is 18.4 Å². The van der Waals surface area contributed by atoms with Gasteiger partial charge in [0.05, 0.1) is 0 Å². The third kappa shape index (κ3) is 2.11. The molecule has 0 unspecified atom stereocenters. The van der Waals surface area contributed by atoms with Crippen LogP contribution in [0.5, 0.6) is 0 Å². The third-order valence-electron chi connectivity index (χ3n) is 2.66. The zero-order valence-electron chi connectivity index (χ0n) is 9.50. The first-order valence-corrected chi connectivity index (χ1v) is 5.41. The summed E-state index contributed by atoms with van der Waals surface area (Å²) < 4.78 is 0. The molecule has 0 N–H and O–H groups in total. The summed E-state index contributed by atoms with van der Waals surface area (Å²) in [5.41, 5.74) is 1.26. The lowest BCUT2D eigenvalue weighted by molar-refractivity contribution is 0.102. The minimum atomic E-state index is -0.319. The zero-order chi connectivity index (χ0) is 13.0. The second kappa shape index (κ2) is 5.19. The Balaban J connectivity index is 2.54. The van der Waals surface area contributed by atoms with E-state index in [9.17, 15) is 14.4 Å². The molecule has 0 radical (unpaired) electrons. The van der Waals surface area contributed by atoms with Crippen LogP contribution in [0.3, 0.4) is 0 Å². The van der Waals surface area contributed by atoms with Gasteiger partial charge in [-0.25, -0.2) is 0 Å². The fourth-order valence-corrected chi connectivity index (χ4v) is 1.76. The lowest BCUT2D eigenvalue weighted by Crippen LogP contribution is -2.07. The summed E-state index contributed by atoms with van der Waals surface area (Å²) in [4.78, 5) is 34.1. The van der Waals surface area contributed by atoms with E-state index in [4.69, 9.17) is 0 Å². The van der Waals surface area contributed by atoms with Gasteiger partial charge in [-0.3, -0.25) is 14.4 Å². The molecule has 0 saturated carbocycles. The quantitative estimate of drug-likeness (QED) is 0.607. The van der Waals surface area contributed by atoms with E-state index in [1.807, 2.05) is 0 Å². The van der Waals surface area contributed by atoms with Crippen LogP contribution in [0.1, 0.15) is 36.6 Å². The maximum atomic E-state index is 12.3.